The standard InChI is InChI=1S/C26H32N4S/c1-6-7-14-29-25(24(28-26(29)31)22-10-8-9-13-27-22)21-16-19(4)30(20(21)5)23-15-17(2)11-12-18(23)3/h8-13,15-16,24-25H,6-7,14H2,1-5H3,(H,28,31)/t24-,25-/m0/s1. The molecule has 1 aliphatic rings. The fourth-order valence-electron chi connectivity index (χ4n) is 4.73. The van der Waals surface area contributed by atoms with Crippen molar-refractivity contribution in [3.05, 3.63) is 82.4 Å². The second-order valence-electron chi connectivity index (χ2n) is 8.63. The molecule has 0 amide bonds. The third kappa shape index (κ3) is 3.99. The Bertz CT molecular complexity index is 1090. The van der Waals surface area contributed by atoms with Crippen molar-refractivity contribution < 1.29 is 0 Å². The van der Waals surface area contributed by atoms with Crippen LogP contribution in [0.25, 0.3) is 5.69 Å². The van der Waals surface area contributed by atoms with Gasteiger partial charge in [0.15, 0.2) is 5.11 Å². The molecule has 1 N–H and O–H groups in total. The average molecular weight is 433 g/mol. The molecule has 0 spiro atoms. The third-order valence-corrected chi connectivity index (χ3v) is 6.70. The maximum Gasteiger partial charge on any atom is 0.170 e. The Morgan fingerprint density at radius 2 is 1.87 bits per heavy atom. The van der Waals surface area contributed by atoms with Crippen LogP contribution in [0.5, 0.6) is 0 Å². The number of benzene rings is 1. The minimum Gasteiger partial charge on any atom is -0.352 e. The van der Waals surface area contributed by atoms with Gasteiger partial charge in [-0.2, -0.15) is 0 Å². The number of aromatic nitrogens is 2. The highest BCUT2D eigenvalue weighted by Crippen LogP contribution is 2.41. The summed E-state index contributed by atoms with van der Waals surface area (Å²) in [6.07, 6.45) is 4.12. The lowest BCUT2D eigenvalue weighted by molar-refractivity contribution is 0.312. The zero-order valence-corrected chi connectivity index (χ0v) is 20.0. The first-order valence-electron chi connectivity index (χ1n) is 11.2. The Balaban J connectivity index is 1.84. The molecule has 0 radical (unpaired) electrons. The number of aryl methyl sites for hydroxylation is 3. The van der Waals surface area contributed by atoms with E-state index in [0.29, 0.717) is 0 Å². The first kappa shape index (κ1) is 21.6. The molecule has 0 aliphatic carbocycles. The summed E-state index contributed by atoms with van der Waals surface area (Å²) >= 11 is 5.80. The number of pyridine rings is 1. The Kier molecular flexibility index (Phi) is 6.15. The molecular formula is C26H32N4S. The van der Waals surface area contributed by atoms with E-state index < -0.39 is 0 Å². The van der Waals surface area contributed by atoms with Crippen molar-refractivity contribution in [1.82, 2.24) is 19.8 Å². The van der Waals surface area contributed by atoms with E-state index in [4.69, 9.17) is 12.2 Å². The number of hydrogen-bond acceptors (Lipinski definition) is 2. The van der Waals surface area contributed by atoms with E-state index in [9.17, 15) is 0 Å². The van der Waals surface area contributed by atoms with Gasteiger partial charge in [0.2, 0.25) is 0 Å². The maximum atomic E-state index is 5.80. The third-order valence-electron chi connectivity index (χ3n) is 6.34. The van der Waals surface area contributed by atoms with Crippen molar-refractivity contribution in [3.63, 3.8) is 0 Å². The van der Waals surface area contributed by atoms with E-state index in [0.717, 1.165) is 30.2 Å². The van der Waals surface area contributed by atoms with Crippen LogP contribution in [0.1, 0.15) is 65.6 Å². The lowest BCUT2D eigenvalue weighted by atomic mass is 9.96. The second kappa shape index (κ2) is 8.83. The molecule has 3 heterocycles. The van der Waals surface area contributed by atoms with E-state index in [1.54, 1.807) is 0 Å². The van der Waals surface area contributed by atoms with Gasteiger partial charge < -0.3 is 14.8 Å². The number of nitrogens with zero attached hydrogens (tertiary/aromatic N) is 3. The molecule has 1 saturated heterocycles. The quantitative estimate of drug-likeness (QED) is 0.493. The van der Waals surface area contributed by atoms with Crippen LogP contribution >= 0.6 is 12.2 Å². The number of thiocarbonyl (C=S) groups is 1. The highest BCUT2D eigenvalue weighted by atomic mass is 32.1. The summed E-state index contributed by atoms with van der Waals surface area (Å²) in [5.74, 6) is 0. The van der Waals surface area contributed by atoms with Crippen LogP contribution in [-0.2, 0) is 0 Å². The van der Waals surface area contributed by atoms with Gasteiger partial charge in [-0.05, 0) is 87.3 Å². The zero-order valence-electron chi connectivity index (χ0n) is 19.1. The highest BCUT2D eigenvalue weighted by molar-refractivity contribution is 7.80. The Morgan fingerprint density at radius 1 is 1.06 bits per heavy atom. The molecule has 162 valence electrons. The number of rotatable bonds is 6. The molecule has 31 heavy (non-hydrogen) atoms. The van der Waals surface area contributed by atoms with Crippen molar-refractivity contribution >= 4 is 17.3 Å². The largest absolute Gasteiger partial charge is 0.352 e. The van der Waals surface area contributed by atoms with Gasteiger partial charge in [0.05, 0.1) is 17.8 Å². The Labute approximate surface area is 191 Å². The first-order valence-corrected chi connectivity index (χ1v) is 11.6. The van der Waals surface area contributed by atoms with Gasteiger partial charge in [-0.3, -0.25) is 4.98 Å². The molecule has 4 rings (SSSR count). The Morgan fingerprint density at radius 3 is 2.58 bits per heavy atom. The smallest absolute Gasteiger partial charge is 0.170 e. The van der Waals surface area contributed by atoms with Gasteiger partial charge in [-0.1, -0.05) is 31.5 Å². The monoisotopic (exact) mass is 432 g/mol. The van der Waals surface area contributed by atoms with Crippen LogP contribution in [0.15, 0.2) is 48.7 Å². The lowest BCUT2D eigenvalue weighted by Gasteiger charge is -2.28. The van der Waals surface area contributed by atoms with Crippen molar-refractivity contribution in [2.24, 2.45) is 0 Å². The average Bonchev–Trinajstić information content (AvgIpc) is 3.24. The molecule has 5 heteroatoms. The summed E-state index contributed by atoms with van der Waals surface area (Å²) in [6, 6.07) is 15.3. The summed E-state index contributed by atoms with van der Waals surface area (Å²) < 4.78 is 2.40. The van der Waals surface area contributed by atoms with Crippen molar-refractivity contribution in [2.75, 3.05) is 6.54 Å². The molecule has 4 nitrogen and oxygen atoms in total. The summed E-state index contributed by atoms with van der Waals surface area (Å²) in [6.45, 7) is 11.9. The van der Waals surface area contributed by atoms with Crippen LogP contribution in [0.2, 0.25) is 0 Å². The van der Waals surface area contributed by atoms with Gasteiger partial charge in [0, 0.05) is 29.8 Å². The number of hydrogen-bond donors (Lipinski definition) is 1. The maximum absolute atomic E-state index is 5.80. The van der Waals surface area contributed by atoms with Gasteiger partial charge >= 0.3 is 0 Å². The molecule has 2 atom stereocenters. The molecule has 1 aliphatic heterocycles. The van der Waals surface area contributed by atoms with Crippen LogP contribution in [0.4, 0.5) is 0 Å². The fourth-order valence-corrected chi connectivity index (χ4v) is 5.06. The van der Waals surface area contributed by atoms with E-state index >= 15 is 0 Å². The minimum atomic E-state index is 0.0399. The summed E-state index contributed by atoms with van der Waals surface area (Å²) in [4.78, 5) is 7.04. The molecule has 0 unspecified atom stereocenters. The topological polar surface area (TPSA) is 33.1 Å². The van der Waals surface area contributed by atoms with Crippen LogP contribution in [0, 0.1) is 27.7 Å². The summed E-state index contributed by atoms with van der Waals surface area (Å²) in [7, 11) is 0. The molecular weight excluding hydrogens is 400 g/mol. The fraction of sp³-hybridized carbons (Fsp3) is 0.385. The molecule has 1 fully saturated rings. The molecule has 0 saturated carbocycles. The van der Waals surface area contributed by atoms with Gasteiger partial charge in [-0.25, -0.2) is 0 Å². The van der Waals surface area contributed by atoms with Crippen LogP contribution in [-0.4, -0.2) is 26.1 Å². The molecule has 1 aromatic carbocycles. The van der Waals surface area contributed by atoms with Crippen molar-refractivity contribution in [1.29, 1.82) is 0 Å². The Hall–Kier alpha value is -2.66. The van der Waals surface area contributed by atoms with E-state index in [1.165, 1.54) is 33.8 Å². The molecule has 3 aromatic rings. The van der Waals surface area contributed by atoms with E-state index in [2.05, 4.69) is 90.8 Å². The van der Waals surface area contributed by atoms with E-state index in [1.807, 2.05) is 12.3 Å². The minimum absolute atomic E-state index is 0.0399. The number of unbranched alkanes of at least 4 members (excludes halogenated alkanes) is 1. The SMILES string of the molecule is CCCCN1C(=S)N[C@@H](c2ccccn2)[C@@H]1c1cc(C)n(-c2cc(C)ccc2C)c1C. The highest BCUT2D eigenvalue weighted by Gasteiger charge is 2.41. The second-order valence-corrected chi connectivity index (χ2v) is 9.01. The van der Waals surface area contributed by atoms with E-state index in [-0.39, 0.29) is 12.1 Å². The lowest BCUT2D eigenvalue weighted by Crippen LogP contribution is -2.30. The molecule has 2 aromatic heterocycles. The normalized spacial score (nSPS) is 18.5. The molecule has 0 bridgehead atoms. The first-order chi connectivity index (χ1) is 14.9. The zero-order chi connectivity index (χ0) is 22.1. The van der Waals surface area contributed by atoms with Crippen molar-refractivity contribution in [3.8, 4) is 5.69 Å². The van der Waals surface area contributed by atoms with Gasteiger partial charge in [0.1, 0.15) is 0 Å². The summed E-state index contributed by atoms with van der Waals surface area (Å²) in [5.41, 5.74) is 8.67. The number of nitrogens with one attached hydrogen (secondary N) is 1. The van der Waals surface area contributed by atoms with Gasteiger partial charge in [0.25, 0.3) is 0 Å². The predicted octanol–water partition coefficient (Wildman–Crippen LogP) is 5.88. The predicted molar refractivity (Wildman–Crippen MR) is 132 cm³/mol. The van der Waals surface area contributed by atoms with Crippen LogP contribution in [0.3, 0.4) is 0 Å². The van der Waals surface area contributed by atoms with Gasteiger partial charge in [-0.15, -0.1) is 0 Å². The van der Waals surface area contributed by atoms with Crippen LogP contribution < -0.4 is 5.32 Å². The summed E-state index contributed by atoms with van der Waals surface area (Å²) in [5, 5.41) is 4.40. The van der Waals surface area contributed by atoms with Crippen molar-refractivity contribution in [2.45, 2.75) is 59.5 Å².